The molecule has 4 rings (SSSR count). The highest BCUT2D eigenvalue weighted by molar-refractivity contribution is 5.88. The zero-order valence-electron chi connectivity index (χ0n) is 13.0. The van der Waals surface area contributed by atoms with E-state index >= 15 is 0 Å². The zero-order chi connectivity index (χ0) is 17.4. The first-order valence-electron chi connectivity index (χ1n) is 7.78. The number of furan rings is 1. The average molecular weight is 338 g/mol. The second-order valence-corrected chi connectivity index (χ2v) is 5.74. The highest BCUT2D eigenvalue weighted by Crippen LogP contribution is 2.43. The highest BCUT2D eigenvalue weighted by atomic mass is 19.4. The molecule has 1 nitrogen and oxygen atoms in total. The van der Waals surface area contributed by atoms with E-state index < -0.39 is 11.7 Å². The van der Waals surface area contributed by atoms with E-state index in [9.17, 15) is 13.2 Å². The van der Waals surface area contributed by atoms with Crippen molar-refractivity contribution in [3.8, 4) is 22.5 Å². The van der Waals surface area contributed by atoms with Crippen LogP contribution in [-0.4, -0.2) is 0 Å². The zero-order valence-corrected chi connectivity index (χ0v) is 13.0. The fourth-order valence-corrected chi connectivity index (χ4v) is 2.97. The summed E-state index contributed by atoms with van der Waals surface area (Å²) in [6.45, 7) is 0. The molecular formula is C21H13F3O. The molecule has 0 saturated heterocycles. The van der Waals surface area contributed by atoms with E-state index in [2.05, 4.69) is 0 Å². The van der Waals surface area contributed by atoms with Gasteiger partial charge in [-0.05, 0) is 17.2 Å². The number of fused-ring (bicyclic) bond motifs is 1. The largest absolute Gasteiger partial charge is 0.455 e. The maximum Gasteiger partial charge on any atom is 0.420 e. The monoisotopic (exact) mass is 338 g/mol. The third-order valence-electron chi connectivity index (χ3n) is 4.13. The van der Waals surface area contributed by atoms with E-state index in [4.69, 9.17) is 4.42 Å². The van der Waals surface area contributed by atoms with Crippen LogP contribution >= 0.6 is 0 Å². The van der Waals surface area contributed by atoms with Crippen molar-refractivity contribution in [3.63, 3.8) is 0 Å². The van der Waals surface area contributed by atoms with E-state index in [0.29, 0.717) is 5.56 Å². The molecule has 4 heteroatoms. The summed E-state index contributed by atoms with van der Waals surface area (Å²) in [5.41, 5.74) is 1.86. The fourth-order valence-electron chi connectivity index (χ4n) is 2.97. The first kappa shape index (κ1) is 15.5. The summed E-state index contributed by atoms with van der Waals surface area (Å²) in [5, 5.41) is 0.0807. The summed E-state index contributed by atoms with van der Waals surface area (Å²) in [6.07, 6.45) is -4.49. The van der Waals surface area contributed by atoms with Crippen LogP contribution in [0.15, 0.2) is 83.3 Å². The molecule has 0 saturated carbocycles. The molecule has 0 spiro atoms. The molecule has 3 aromatic carbocycles. The van der Waals surface area contributed by atoms with Crippen molar-refractivity contribution in [2.24, 2.45) is 0 Å². The second-order valence-electron chi connectivity index (χ2n) is 5.74. The predicted molar refractivity (Wildman–Crippen MR) is 92.1 cm³/mol. The van der Waals surface area contributed by atoms with E-state index in [0.717, 1.165) is 11.1 Å². The van der Waals surface area contributed by atoms with Gasteiger partial charge in [-0.2, -0.15) is 13.2 Å². The van der Waals surface area contributed by atoms with Crippen molar-refractivity contribution >= 4 is 11.0 Å². The van der Waals surface area contributed by atoms with Crippen LogP contribution in [0.2, 0.25) is 0 Å². The van der Waals surface area contributed by atoms with Crippen LogP contribution in [0.4, 0.5) is 13.2 Å². The SMILES string of the molecule is FC(F)(F)c1c(-c2ccc(-c3ccccc3)cc2)oc2ccccc12. The minimum atomic E-state index is -4.49. The van der Waals surface area contributed by atoms with Gasteiger partial charge in [0.1, 0.15) is 16.9 Å². The summed E-state index contributed by atoms with van der Waals surface area (Å²) < 4.78 is 46.3. The average Bonchev–Trinajstić information content (AvgIpc) is 3.02. The number of halogens is 3. The minimum absolute atomic E-state index is 0.0807. The first-order valence-corrected chi connectivity index (χ1v) is 7.78. The van der Waals surface area contributed by atoms with Crippen LogP contribution in [0, 0.1) is 0 Å². The molecule has 124 valence electrons. The molecule has 0 aliphatic rings. The normalized spacial score (nSPS) is 11.8. The third kappa shape index (κ3) is 2.80. The Balaban J connectivity index is 1.85. The Morgan fingerprint density at radius 3 is 1.84 bits per heavy atom. The number of hydrogen-bond acceptors (Lipinski definition) is 1. The van der Waals surface area contributed by atoms with E-state index in [-0.39, 0.29) is 16.7 Å². The van der Waals surface area contributed by atoms with Gasteiger partial charge in [-0.25, -0.2) is 0 Å². The van der Waals surface area contributed by atoms with Gasteiger partial charge >= 0.3 is 6.18 Å². The van der Waals surface area contributed by atoms with Gasteiger partial charge in [-0.1, -0.05) is 72.8 Å². The Morgan fingerprint density at radius 2 is 1.16 bits per heavy atom. The summed E-state index contributed by atoms with van der Waals surface area (Å²) in [7, 11) is 0. The van der Waals surface area contributed by atoms with Crippen molar-refractivity contribution in [1.82, 2.24) is 0 Å². The smallest absolute Gasteiger partial charge is 0.420 e. The minimum Gasteiger partial charge on any atom is -0.455 e. The highest BCUT2D eigenvalue weighted by Gasteiger charge is 2.38. The van der Waals surface area contributed by atoms with Gasteiger partial charge in [0.25, 0.3) is 0 Å². The quantitative estimate of drug-likeness (QED) is 0.392. The van der Waals surface area contributed by atoms with E-state index in [1.807, 2.05) is 30.3 Å². The Morgan fingerprint density at radius 1 is 0.600 bits per heavy atom. The number of rotatable bonds is 2. The van der Waals surface area contributed by atoms with Crippen molar-refractivity contribution < 1.29 is 17.6 Å². The number of hydrogen-bond donors (Lipinski definition) is 0. The number of para-hydroxylation sites is 1. The molecule has 1 aromatic heterocycles. The molecule has 0 aliphatic heterocycles. The van der Waals surface area contributed by atoms with Crippen LogP contribution in [0.25, 0.3) is 33.4 Å². The number of benzene rings is 3. The van der Waals surface area contributed by atoms with Crippen LogP contribution in [-0.2, 0) is 6.18 Å². The lowest BCUT2D eigenvalue weighted by atomic mass is 10.0. The summed E-state index contributed by atoms with van der Waals surface area (Å²) in [6, 6.07) is 22.8. The van der Waals surface area contributed by atoms with Gasteiger partial charge in [0, 0.05) is 10.9 Å². The Kier molecular flexibility index (Phi) is 3.61. The van der Waals surface area contributed by atoms with Crippen molar-refractivity contribution in [1.29, 1.82) is 0 Å². The Hall–Kier alpha value is -3.01. The fraction of sp³-hybridized carbons (Fsp3) is 0.0476. The maximum atomic E-state index is 13.6. The van der Waals surface area contributed by atoms with E-state index in [1.54, 1.807) is 42.5 Å². The summed E-state index contributed by atoms with van der Waals surface area (Å²) in [5.74, 6) is -0.145. The van der Waals surface area contributed by atoms with Crippen LogP contribution in [0.5, 0.6) is 0 Å². The van der Waals surface area contributed by atoms with Gasteiger partial charge in [-0.15, -0.1) is 0 Å². The molecule has 25 heavy (non-hydrogen) atoms. The molecule has 1 heterocycles. The second kappa shape index (κ2) is 5.81. The first-order chi connectivity index (χ1) is 12.0. The van der Waals surface area contributed by atoms with Crippen LogP contribution in [0.3, 0.4) is 0 Å². The molecule has 0 aliphatic carbocycles. The van der Waals surface area contributed by atoms with Gasteiger partial charge < -0.3 is 4.42 Å². The molecule has 0 unspecified atom stereocenters. The van der Waals surface area contributed by atoms with Gasteiger partial charge in [-0.3, -0.25) is 0 Å². The molecule has 0 fully saturated rings. The van der Waals surface area contributed by atoms with Crippen molar-refractivity contribution in [3.05, 3.63) is 84.4 Å². The van der Waals surface area contributed by atoms with Crippen LogP contribution in [0.1, 0.15) is 5.56 Å². The summed E-state index contributed by atoms with van der Waals surface area (Å²) >= 11 is 0. The Labute approximate surface area is 142 Å². The summed E-state index contributed by atoms with van der Waals surface area (Å²) in [4.78, 5) is 0. The maximum absolute atomic E-state index is 13.6. The molecule has 0 radical (unpaired) electrons. The third-order valence-corrected chi connectivity index (χ3v) is 4.13. The lowest BCUT2D eigenvalue weighted by Crippen LogP contribution is -2.05. The Bertz CT molecular complexity index is 1010. The molecule has 0 atom stereocenters. The van der Waals surface area contributed by atoms with Gasteiger partial charge in [0.05, 0.1) is 0 Å². The molecule has 0 bridgehead atoms. The molecule has 4 aromatic rings. The number of alkyl halides is 3. The lowest BCUT2D eigenvalue weighted by molar-refractivity contribution is -0.136. The predicted octanol–water partition coefficient (Wildman–Crippen LogP) is 6.79. The lowest BCUT2D eigenvalue weighted by Gasteiger charge is -2.08. The molecule has 0 N–H and O–H groups in total. The molecular weight excluding hydrogens is 325 g/mol. The van der Waals surface area contributed by atoms with Gasteiger partial charge in [0.15, 0.2) is 0 Å². The van der Waals surface area contributed by atoms with Gasteiger partial charge in [0.2, 0.25) is 0 Å². The topological polar surface area (TPSA) is 13.1 Å². The van der Waals surface area contributed by atoms with Crippen molar-refractivity contribution in [2.75, 3.05) is 0 Å². The van der Waals surface area contributed by atoms with Crippen LogP contribution < -0.4 is 0 Å². The standard InChI is InChI=1S/C21H13F3O/c22-21(23,24)19-17-8-4-5-9-18(17)25-20(19)16-12-10-15(11-13-16)14-6-2-1-3-7-14/h1-13H. The molecule has 0 amide bonds. The van der Waals surface area contributed by atoms with Crippen molar-refractivity contribution in [2.45, 2.75) is 6.18 Å². The van der Waals surface area contributed by atoms with E-state index in [1.165, 1.54) is 6.07 Å².